The summed E-state index contributed by atoms with van der Waals surface area (Å²) in [5.74, 6) is -2.80. The van der Waals surface area contributed by atoms with Gasteiger partial charge in [-0.05, 0) is 0 Å². The van der Waals surface area contributed by atoms with Crippen LogP contribution in [0.3, 0.4) is 0 Å². The lowest BCUT2D eigenvalue weighted by Gasteiger charge is -2.10. The van der Waals surface area contributed by atoms with Crippen LogP contribution in [0.1, 0.15) is 39.1 Å². The summed E-state index contributed by atoms with van der Waals surface area (Å²) in [6, 6.07) is 1.53. The fraction of sp³-hybridized carbons (Fsp3) is 0.700. The maximum absolute atomic E-state index is 13.0. The van der Waals surface area contributed by atoms with Crippen molar-refractivity contribution in [1.82, 2.24) is 5.10 Å². The molecule has 1 rings (SSSR count). The molecule has 1 aromatic rings. The lowest BCUT2D eigenvalue weighted by molar-refractivity contribution is -0.737. The normalized spacial score (nSPS) is 13.4. The predicted octanol–water partition coefficient (Wildman–Crippen LogP) is 2.25. The van der Waals surface area contributed by atoms with Gasteiger partial charge in [0.25, 0.3) is 5.92 Å². The molecule has 0 unspecified atom stereocenters. The zero-order valence-electron chi connectivity index (χ0n) is 9.28. The van der Waals surface area contributed by atoms with Crippen molar-refractivity contribution in [2.24, 2.45) is 7.05 Å². The summed E-state index contributed by atoms with van der Waals surface area (Å²) in [5.41, 5.74) is 0.702. The molecular formula is C10H17F2N2+. The monoisotopic (exact) mass is 203 g/mol. The number of aryl methyl sites for hydroxylation is 1. The second-order valence-corrected chi connectivity index (χ2v) is 4.75. The minimum absolute atomic E-state index is 0.0371. The third-order valence-corrected chi connectivity index (χ3v) is 2.17. The fourth-order valence-corrected chi connectivity index (χ4v) is 1.45. The second kappa shape index (κ2) is 3.04. The molecule has 4 heteroatoms. The molecule has 0 spiro atoms. The van der Waals surface area contributed by atoms with Gasteiger partial charge in [-0.25, -0.2) is 0 Å². The van der Waals surface area contributed by atoms with Crippen molar-refractivity contribution in [3.05, 3.63) is 17.5 Å². The summed E-state index contributed by atoms with van der Waals surface area (Å²) >= 11 is 0. The summed E-state index contributed by atoms with van der Waals surface area (Å²) in [6.07, 6.45) is 0. The molecule has 0 saturated heterocycles. The van der Waals surface area contributed by atoms with Crippen LogP contribution in [0.2, 0.25) is 0 Å². The molecule has 0 saturated carbocycles. The summed E-state index contributed by atoms with van der Waals surface area (Å²) in [5, 5.41) is 2.66. The molecule has 0 radical (unpaired) electrons. The van der Waals surface area contributed by atoms with E-state index >= 15 is 0 Å². The minimum atomic E-state index is -2.80. The first kappa shape index (κ1) is 11.1. The van der Waals surface area contributed by atoms with Gasteiger partial charge in [-0.15, -0.1) is 4.68 Å². The molecule has 14 heavy (non-hydrogen) atoms. The van der Waals surface area contributed by atoms with E-state index in [1.165, 1.54) is 6.07 Å². The quantitative estimate of drug-likeness (QED) is 0.675. The number of hydrogen-bond acceptors (Lipinski definition) is 0. The second-order valence-electron chi connectivity index (χ2n) is 4.75. The molecule has 0 atom stereocenters. The van der Waals surface area contributed by atoms with Gasteiger partial charge in [0.05, 0.1) is 0 Å². The van der Waals surface area contributed by atoms with Crippen molar-refractivity contribution in [3.63, 3.8) is 0 Å². The van der Waals surface area contributed by atoms with Crippen LogP contribution >= 0.6 is 0 Å². The van der Waals surface area contributed by atoms with E-state index in [2.05, 4.69) is 5.10 Å². The van der Waals surface area contributed by atoms with Gasteiger partial charge in [-0.3, -0.25) is 0 Å². The summed E-state index contributed by atoms with van der Waals surface area (Å²) in [6.45, 7) is 6.88. The molecule has 0 bridgehead atoms. The van der Waals surface area contributed by atoms with E-state index in [1.807, 2.05) is 20.8 Å². The van der Waals surface area contributed by atoms with Crippen LogP contribution in [-0.4, -0.2) is 5.10 Å². The first-order valence-electron chi connectivity index (χ1n) is 4.60. The van der Waals surface area contributed by atoms with Gasteiger partial charge in [0.15, 0.2) is 7.05 Å². The van der Waals surface area contributed by atoms with Gasteiger partial charge in [-0.1, -0.05) is 20.8 Å². The zero-order chi connectivity index (χ0) is 11.1. The number of alkyl halides is 2. The molecule has 2 nitrogen and oxygen atoms in total. The molecule has 0 aromatic carbocycles. The third kappa shape index (κ3) is 2.11. The Morgan fingerprint density at radius 3 is 1.93 bits per heavy atom. The largest absolute Gasteiger partial charge is 0.290 e. The molecule has 1 N–H and O–H groups in total. The van der Waals surface area contributed by atoms with E-state index in [9.17, 15) is 8.78 Å². The maximum atomic E-state index is 13.0. The van der Waals surface area contributed by atoms with Crippen molar-refractivity contribution in [2.45, 2.75) is 39.0 Å². The van der Waals surface area contributed by atoms with Gasteiger partial charge in [0.2, 0.25) is 5.69 Å². The van der Waals surface area contributed by atoms with Crippen LogP contribution in [0.15, 0.2) is 6.07 Å². The van der Waals surface area contributed by atoms with Crippen LogP contribution < -0.4 is 4.68 Å². The van der Waals surface area contributed by atoms with Gasteiger partial charge >= 0.3 is 0 Å². The molecule has 0 aliphatic heterocycles. The van der Waals surface area contributed by atoms with Crippen LogP contribution in [0.4, 0.5) is 8.78 Å². The highest BCUT2D eigenvalue weighted by Crippen LogP contribution is 2.28. The molecule has 0 amide bonds. The Morgan fingerprint density at radius 1 is 1.21 bits per heavy atom. The number of nitrogens with zero attached hydrogens (tertiary/aromatic N) is 1. The number of halogens is 2. The van der Waals surface area contributed by atoms with E-state index < -0.39 is 5.92 Å². The van der Waals surface area contributed by atoms with E-state index in [1.54, 1.807) is 11.7 Å². The molecule has 80 valence electrons. The summed E-state index contributed by atoms with van der Waals surface area (Å²) < 4.78 is 27.6. The van der Waals surface area contributed by atoms with Gasteiger partial charge in [-0.2, -0.15) is 13.9 Å². The average molecular weight is 203 g/mol. The van der Waals surface area contributed by atoms with Crippen molar-refractivity contribution in [3.8, 4) is 0 Å². The van der Waals surface area contributed by atoms with E-state index in [0.29, 0.717) is 0 Å². The van der Waals surface area contributed by atoms with E-state index in [-0.39, 0.29) is 11.1 Å². The Bertz CT molecular complexity index is 329. The maximum Gasteiger partial charge on any atom is 0.290 e. The highest BCUT2D eigenvalue weighted by molar-refractivity contribution is 5.14. The molecule has 0 aliphatic rings. The van der Waals surface area contributed by atoms with Crippen molar-refractivity contribution in [2.75, 3.05) is 0 Å². The Kier molecular flexibility index (Phi) is 2.42. The SMILES string of the molecule is C[n+]1[nH]c(C(C)(F)F)cc1C(C)(C)C. The fourth-order valence-electron chi connectivity index (χ4n) is 1.45. The topological polar surface area (TPSA) is 19.7 Å². The minimum Gasteiger partial charge on any atom is -0.200 e. The lowest BCUT2D eigenvalue weighted by Crippen LogP contribution is -2.39. The smallest absolute Gasteiger partial charge is 0.200 e. The van der Waals surface area contributed by atoms with Crippen LogP contribution in [0.5, 0.6) is 0 Å². The third-order valence-electron chi connectivity index (χ3n) is 2.17. The first-order chi connectivity index (χ1) is 6.12. The Balaban J connectivity index is 3.19. The summed E-state index contributed by atoms with van der Waals surface area (Å²) in [4.78, 5) is 0. The predicted molar refractivity (Wildman–Crippen MR) is 50.2 cm³/mol. The number of rotatable bonds is 1. The lowest BCUT2D eigenvalue weighted by atomic mass is 9.92. The molecular weight excluding hydrogens is 186 g/mol. The zero-order valence-corrected chi connectivity index (χ0v) is 9.28. The van der Waals surface area contributed by atoms with Gasteiger partial charge < -0.3 is 0 Å². The van der Waals surface area contributed by atoms with E-state index in [0.717, 1.165) is 12.6 Å². The highest BCUT2D eigenvalue weighted by atomic mass is 19.3. The Hall–Kier alpha value is -0.930. The highest BCUT2D eigenvalue weighted by Gasteiger charge is 2.34. The molecule has 1 heterocycles. The van der Waals surface area contributed by atoms with Gasteiger partial charge in [0, 0.05) is 18.4 Å². The number of aromatic nitrogens is 2. The van der Waals surface area contributed by atoms with Crippen molar-refractivity contribution in [1.29, 1.82) is 0 Å². The number of H-pyrrole nitrogens is 1. The van der Waals surface area contributed by atoms with Crippen LogP contribution in [0, 0.1) is 0 Å². The number of hydrogen-bond donors (Lipinski definition) is 1. The van der Waals surface area contributed by atoms with Crippen molar-refractivity contribution < 1.29 is 13.5 Å². The molecule has 0 aliphatic carbocycles. The van der Waals surface area contributed by atoms with Crippen LogP contribution in [-0.2, 0) is 18.4 Å². The Morgan fingerprint density at radius 2 is 1.71 bits per heavy atom. The first-order valence-corrected chi connectivity index (χ1v) is 4.60. The number of aromatic amines is 1. The van der Waals surface area contributed by atoms with Gasteiger partial charge in [0.1, 0.15) is 5.69 Å². The number of nitrogens with one attached hydrogen (secondary N) is 1. The van der Waals surface area contributed by atoms with Crippen molar-refractivity contribution >= 4 is 0 Å². The average Bonchev–Trinajstić information content (AvgIpc) is 2.27. The summed E-state index contributed by atoms with van der Waals surface area (Å²) in [7, 11) is 1.75. The Labute approximate surface area is 82.9 Å². The van der Waals surface area contributed by atoms with Crippen LogP contribution in [0.25, 0.3) is 0 Å². The molecule has 1 aromatic heterocycles. The van der Waals surface area contributed by atoms with E-state index in [4.69, 9.17) is 0 Å². The molecule has 0 fully saturated rings. The standard InChI is InChI=1S/C10H16F2N2/c1-9(2,3)8-6-7(10(4,11)12)13-14(8)5/h6H,1-5H3/p+1.